The second-order valence-electron chi connectivity index (χ2n) is 7.04. The molecule has 1 N–H and O–H groups in total. The number of ether oxygens (including phenoxy) is 1. The number of carbonyl (C=O) groups is 2. The molecule has 1 aromatic heterocycles. The monoisotopic (exact) mass is 408 g/mol. The third kappa shape index (κ3) is 5.99. The number of anilines is 2. The van der Waals surface area contributed by atoms with Gasteiger partial charge >= 0.3 is 5.97 Å². The Balaban J connectivity index is 1.46. The highest BCUT2D eigenvalue weighted by Crippen LogP contribution is 2.22. The summed E-state index contributed by atoms with van der Waals surface area (Å²) in [5.41, 5.74) is 5.45. The van der Waals surface area contributed by atoms with E-state index in [1.807, 2.05) is 68.6 Å². The SMILES string of the molecule is Cc1ccc(Nc2nc(COC(=O)CCC(=O)c3cc(C)ccc3C)cs2)cc1. The number of Topliss-reactive ketones (excluding diaryl/α,β-unsaturated/α-hetero) is 1. The molecule has 150 valence electrons. The van der Waals surface area contributed by atoms with Crippen molar-refractivity contribution in [3.63, 3.8) is 0 Å². The van der Waals surface area contributed by atoms with Crippen LogP contribution >= 0.6 is 11.3 Å². The molecule has 3 aromatic rings. The molecule has 0 amide bonds. The third-order valence-corrected chi connectivity index (χ3v) is 5.29. The molecule has 0 bridgehead atoms. The van der Waals surface area contributed by atoms with E-state index in [0.717, 1.165) is 21.9 Å². The molecule has 0 saturated heterocycles. The van der Waals surface area contributed by atoms with Crippen molar-refractivity contribution < 1.29 is 14.3 Å². The van der Waals surface area contributed by atoms with Crippen molar-refractivity contribution in [2.24, 2.45) is 0 Å². The van der Waals surface area contributed by atoms with Crippen LogP contribution in [0, 0.1) is 20.8 Å². The van der Waals surface area contributed by atoms with E-state index in [-0.39, 0.29) is 25.2 Å². The van der Waals surface area contributed by atoms with Crippen molar-refractivity contribution in [2.75, 3.05) is 5.32 Å². The Morgan fingerprint density at radius 2 is 1.72 bits per heavy atom. The maximum absolute atomic E-state index is 12.4. The summed E-state index contributed by atoms with van der Waals surface area (Å²) >= 11 is 1.45. The summed E-state index contributed by atoms with van der Waals surface area (Å²) in [5, 5.41) is 5.82. The molecule has 29 heavy (non-hydrogen) atoms. The Hall–Kier alpha value is -2.99. The van der Waals surface area contributed by atoms with Gasteiger partial charge < -0.3 is 10.1 Å². The molecule has 0 radical (unpaired) electrons. The highest BCUT2D eigenvalue weighted by atomic mass is 32.1. The van der Waals surface area contributed by atoms with Gasteiger partial charge in [0.2, 0.25) is 0 Å². The number of hydrogen-bond acceptors (Lipinski definition) is 6. The second-order valence-corrected chi connectivity index (χ2v) is 7.90. The molecule has 0 saturated carbocycles. The summed E-state index contributed by atoms with van der Waals surface area (Å²) in [5.74, 6) is -0.439. The van der Waals surface area contributed by atoms with Gasteiger partial charge in [0.1, 0.15) is 6.61 Å². The summed E-state index contributed by atoms with van der Waals surface area (Å²) in [6.07, 6.45) is 0.200. The lowest BCUT2D eigenvalue weighted by molar-refractivity contribution is -0.145. The zero-order chi connectivity index (χ0) is 20.8. The van der Waals surface area contributed by atoms with Crippen molar-refractivity contribution in [1.82, 2.24) is 4.98 Å². The van der Waals surface area contributed by atoms with E-state index >= 15 is 0 Å². The van der Waals surface area contributed by atoms with Gasteiger partial charge in [-0.3, -0.25) is 9.59 Å². The normalized spacial score (nSPS) is 10.6. The lowest BCUT2D eigenvalue weighted by Crippen LogP contribution is -2.09. The predicted molar refractivity (Wildman–Crippen MR) is 116 cm³/mol. The van der Waals surface area contributed by atoms with Crippen LogP contribution in [0.15, 0.2) is 47.8 Å². The van der Waals surface area contributed by atoms with E-state index in [1.54, 1.807) is 0 Å². The first kappa shape index (κ1) is 20.7. The van der Waals surface area contributed by atoms with Gasteiger partial charge in [0, 0.05) is 23.1 Å². The van der Waals surface area contributed by atoms with E-state index < -0.39 is 5.97 Å². The number of esters is 1. The van der Waals surface area contributed by atoms with Gasteiger partial charge in [0.15, 0.2) is 10.9 Å². The molecule has 0 fully saturated rings. The third-order valence-electron chi connectivity index (χ3n) is 4.49. The standard InChI is InChI=1S/C23H24N2O3S/c1-15-5-8-18(9-6-15)24-23-25-19(14-29-23)13-28-22(27)11-10-21(26)20-12-16(2)4-7-17(20)3/h4-9,12,14H,10-11,13H2,1-3H3,(H,24,25). The van der Waals surface area contributed by atoms with Gasteiger partial charge in [-0.1, -0.05) is 35.4 Å². The smallest absolute Gasteiger partial charge is 0.306 e. The maximum Gasteiger partial charge on any atom is 0.306 e. The van der Waals surface area contributed by atoms with Gasteiger partial charge in [-0.05, 0) is 44.5 Å². The van der Waals surface area contributed by atoms with Crippen LogP contribution < -0.4 is 5.32 Å². The molecular weight excluding hydrogens is 384 g/mol. The molecule has 0 aliphatic carbocycles. The van der Waals surface area contributed by atoms with Crippen LogP contribution in [0.5, 0.6) is 0 Å². The van der Waals surface area contributed by atoms with E-state index in [0.29, 0.717) is 11.3 Å². The number of thiazole rings is 1. The molecule has 3 rings (SSSR count). The van der Waals surface area contributed by atoms with Gasteiger partial charge in [0.05, 0.1) is 12.1 Å². The lowest BCUT2D eigenvalue weighted by atomic mass is 9.99. The molecule has 0 spiro atoms. The minimum absolute atomic E-state index is 0.0404. The molecule has 6 heteroatoms. The lowest BCUT2D eigenvalue weighted by Gasteiger charge is -2.06. The number of nitrogens with one attached hydrogen (secondary N) is 1. The summed E-state index contributed by atoms with van der Waals surface area (Å²) in [6, 6.07) is 13.8. The summed E-state index contributed by atoms with van der Waals surface area (Å²) in [6.45, 7) is 5.98. The quantitative estimate of drug-likeness (QED) is 0.393. The second kappa shape index (κ2) is 9.47. The van der Waals surface area contributed by atoms with E-state index in [9.17, 15) is 9.59 Å². The van der Waals surface area contributed by atoms with Crippen LogP contribution in [0.3, 0.4) is 0 Å². The minimum Gasteiger partial charge on any atom is -0.459 e. The van der Waals surface area contributed by atoms with Gasteiger partial charge in [0.25, 0.3) is 0 Å². The van der Waals surface area contributed by atoms with E-state index in [1.165, 1.54) is 16.9 Å². The van der Waals surface area contributed by atoms with Crippen molar-refractivity contribution in [1.29, 1.82) is 0 Å². The Morgan fingerprint density at radius 1 is 1.00 bits per heavy atom. The zero-order valence-corrected chi connectivity index (χ0v) is 17.6. The van der Waals surface area contributed by atoms with Crippen LogP contribution in [0.25, 0.3) is 0 Å². The average Bonchev–Trinajstić information content (AvgIpc) is 3.15. The largest absolute Gasteiger partial charge is 0.459 e. The Morgan fingerprint density at radius 3 is 2.48 bits per heavy atom. The van der Waals surface area contributed by atoms with Gasteiger partial charge in [-0.2, -0.15) is 0 Å². The van der Waals surface area contributed by atoms with Crippen LogP contribution in [0.2, 0.25) is 0 Å². The summed E-state index contributed by atoms with van der Waals surface area (Å²) in [4.78, 5) is 28.8. The van der Waals surface area contributed by atoms with Crippen molar-refractivity contribution in [3.05, 3.63) is 75.8 Å². The molecule has 0 aliphatic heterocycles. The van der Waals surface area contributed by atoms with Crippen molar-refractivity contribution in [2.45, 2.75) is 40.2 Å². The fourth-order valence-electron chi connectivity index (χ4n) is 2.80. The highest BCUT2D eigenvalue weighted by Gasteiger charge is 2.13. The van der Waals surface area contributed by atoms with Crippen molar-refractivity contribution >= 4 is 33.9 Å². The first-order valence-corrected chi connectivity index (χ1v) is 10.3. The molecule has 0 atom stereocenters. The molecule has 0 unspecified atom stereocenters. The summed E-state index contributed by atoms with van der Waals surface area (Å²) < 4.78 is 5.27. The highest BCUT2D eigenvalue weighted by molar-refractivity contribution is 7.13. The first-order valence-electron chi connectivity index (χ1n) is 9.45. The maximum atomic E-state index is 12.4. The molecule has 0 aliphatic rings. The fraction of sp³-hybridized carbons (Fsp3) is 0.261. The molecule has 1 heterocycles. The average molecular weight is 409 g/mol. The number of aromatic nitrogens is 1. The van der Waals surface area contributed by atoms with Crippen molar-refractivity contribution in [3.8, 4) is 0 Å². The van der Waals surface area contributed by atoms with Gasteiger partial charge in [-0.25, -0.2) is 4.98 Å². The topological polar surface area (TPSA) is 68.3 Å². The van der Waals surface area contributed by atoms with Crippen LogP contribution in [0.1, 0.15) is 45.6 Å². The molecule has 5 nitrogen and oxygen atoms in total. The van der Waals surface area contributed by atoms with E-state index in [2.05, 4.69) is 10.3 Å². The van der Waals surface area contributed by atoms with Crippen LogP contribution in [-0.2, 0) is 16.1 Å². The zero-order valence-electron chi connectivity index (χ0n) is 16.8. The first-order chi connectivity index (χ1) is 13.9. The fourth-order valence-corrected chi connectivity index (χ4v) is 3.52. The van der Waals surface area contributed by atoms with Crippen LogP contribution in [-0.4, -0.2) is 16.7 Å². The van der Waals surface area contributed by atoms with E-state index in [4.69, 9.17) is 4.74 Å². The Labute approximate surface area is 174 Å². The number of benzene rings is 2. The Bertz CT molecular complexity index is 1010. The molecular formula is C23H24N2O3S. The summed E-state index contributed by atoms with van der Waals surface area (Å²) in [7, 11) is 0. The predicted octanol–water partition coefficient (Wildman–Crippen LogP) is 5.52. The van der Waals surface area contributed by atoms with Crippen LogP contribution in [0.4, 0.5) is 10.8 Å². The number of carbonyl (C=O) groups excluding carboxylic acids is 2. The number of aryl methyl sites for hydroxylation is 3. The number of hydrogen-bond donors (Lipinski definition) is 1. The number of rotatable bonds is 8. The van der Waals surface area contributed by atoms with Gasteiger partial charge in [-0.15, -0.1) is 11.3 Å². The Kier molecular flexibility index (Phi) is 6.77. The number of nitrogens with zero attached hydrogens (tertiary/aromatic N) is 1. The number of ketones is 1. The molecule has 2 aromatic carbocycles. The minimum atomic E-state index is -0.398.